The molecule has 1 N–H and O–H groups in total. The fourth-order valence-corrected chi connectivity index (χ4v) is 3.69. The fourth-order valence-electron chi connectivity index (χ4n) is 2.68. The Balaban J connectivity index is 2.00. The second kappa shape index (κ2) is 5.82. The van der Waals surface area contributed by atoms with E-state index in [0.29, 0.717) is 6.54 Å². The van der Waals surface area contributed by atoms with Gasteiger partial charge >= 0.3 is 12.0 Å². The summed E-state index contributed by atoms with van der Waals surface area (Å²) in [6, 6.07) is 0.172. The van der Waals surface area contributed by atoms with Crippen molar-refractivity contribution < 1.29 is 14.7 Å². The highest BCUT2D eigenvalue weighted by molar-refractivity contribution is 7.99. The number of amides is 2. The van der Waals surface area contributed by atoms with E-state index in [0.717, 1.165) is 30.9 Å². The van der Waals surface area contributed by atoms with E-state index in [1.165, 1.54) is 0 Å². The largest absolute Gasteiger partial charge is 0.481 e. The first-order valence-corrected chi connectivity index (χ1v) is 7.62. The quantitative estimate of drug-likeness (QED) is 0.827. The standard InChI is InChI=1S/C12H20N2O3S/c1-9-8-18-6-5-13(9)12(17)14-4-2-3-10(14)7-11(15)16/h9-10H,2-8H2,1H3,(H,15,16). The number of rotatable bonds is 2. The molecule has 2 heterocycles. The first-order valence-electron chi connectivity index (χ1n) is 6.46. The zero-order valence-corrected chi connectivity index (χ0v) is 11.5. The number of thioether (sulfide) groups is 1. The van der Waals surface area contributed by atoms with Gasteiger partial charge in [-0.05, 0) is 19.8 Å². The van der Waals surface area contributed by atoms with Crippen LogP contribution in [0.3, 0.4) is 0 Å². The molecule has 0 bridgehead atoms. The number of carboxylic acids is 1. The second-order valence-electron chi connectivity index (χ2n) is 4.99. The minimum atomic E-state index is -0.818. The summed E-state index contributed by atoms with van der Waals surface area (Å²) in [6.45, 7) is 3.54. The van der Waals surface area contributed by atoms with Gasteiger partial charge in [-0.3, -0.25) is 4.79 Å². The molecule has 102 valence electrons. The Bertz CT molecular complexity index is 337. The number of hydrogen-bond acceptors (Lipinski definition) is 3. The van der Waals surface area contributed by atoms with Crippen LogP contribution < -0.4 is 0 Å². The molecule has 2 fully saturated rings. The zero-order valence-electron chi connectivity index (χ0n) is 10.7. The molecule has 2 atom stereocenters. The molecule has 5 nitrogen and oxygen atoms in total. The molecule has 2 unspecified atom stereocenters. The number of carboxylic acid groups (broad SMARTS) is 1. The van der Waals surface area contributed by atoms with Gasteiger partial charge in [-0.25, -0.2) is 4.79 Å². The smallest absolute Gasteiger partial charge is 0.320 e. The molecule has 2 saturated heterocycles. The van der Waals surface area contributed by atoms with Crippen molar-refractivity contribution in [2.45, 2.75) is 38.3 Å². The lowest BCUT2D eigenvalue weighted by atomic mass is 10.1. The Hall–Kier alpha value is -0.910. The number of carbonyl (C=O) groups is 2. The van der Waals surface area contributed by atoms with Crippen molar-refractivity contribution in [1.29, 1.82) is 0 Å². The van der Waals surface area contributed by atoms with Crippen LogP contribution in [0, 0.1) is 0 Å². The summed E-state index contributed by atoms with van der Waals surface area (Å²) in [7, 11) is 0. The Morgan fingerprint density at radius 1 is 1.33 bits per heavy atom. The lowest BCUT2D eigenvalue weighted by molar-refractivity contribution is -0.138. The molecule has 2 amide bonds. The highest BCUT2D eigenvalue weighted by atomic mass is 32.2. The lowest BCUT2D eigenvalue weighted by Crippen LogP contribution is -2.52. The number of carbonyl (C=O) groups excluding carboxylic acids is 1. The number of likely N-dealkylation sites (tertiary alicyclic amines) is 1. The minimum Gasteiger partial charge on any atom is -0.481 e. The summed E-state index contributed by atoms with van der Waals surface area (Å²) in [5.41, 5.74) is 0. The van der Waals surface area contributed by atoms with Gasteiger partial charge < -0.3 is 14.9 Å². The van der Waals surface area contributed by atoms with E-state index in [1.54, 1.807) is 4.90 Å². The summed E-state index contributed by atoms with van der Waals surface area (Å²) in [5.74, 6) is 1.14. The maximum atomic E-state index is 12.5. The molecule has 2 rings (SSSR count). The molecule has 2 aliphatic heterocycles. The molecule has 0 aromatic heterocycles. The zero-order chi connectivity index (χ0) is 13.1. The Morgan fingerprint density at radius 2 is 2.11 bits per heavy atom. The summed E-state index contributed by atoms with van der Waals surface area (Å²) in [5, 5.41) is 8.88. The van der Waals surface area contributed by atoms with Crippen LogP contribution in [-0.4, -0.2) is 63.6 Å². The van der Waals surface area contributed by atoms with E-state index in [1.807, 2.05) is 16.7 Å². The van der Waals surface area contributed by atoms with Gasteiger partial charge in [0.05, 0.1) is 6.42 Å². The van der Waals surface area contributed by atoms with E-state index in [2.05, 4.69) is 6.92 Å². The molecule has 0 aromatic carbocycles. The molecular formula is C12H20N2O3S. The van der Waals surface area contributed by atoms with Crippen LogP contribution >= 0.6 is 11.8 Å². The molecule has 0 aromatic rings. The summed E-state index contributed by atoms with van der Waals surface area (Å²) in [4.78, 5) is 26.9. The lowest BCUT2D eigenvalue weighted by Gasteiger charge is -2.37. The summed E-state index contributed by atoms with van der Waals surface area (Å²) in [6.07, 6.45) is 1.80. The van der Waals surface area contributed by atoms with Gasteiger partial charge in [-0.15, -0.1) is 0 Å². The molecule has 2 aliphatic rings. The number of urea groups is 1. The van der Waals surface area contributed by atoms with Gasteiger partial charge in [0.25, 0.3) is 0 Å². The summed E-state index contributed by atoms with van der Waals surface area (Å²) >= 11 is 1.87. The van der Waals surface area contributed by atoms with Crippen molar-refractivity contribution in [3.63, 3.8) is 0 Å². The van der Waals surface area contributed by atoms with Crippen LogP contribution in [-0.2, 0) is 4.79 Å². The van der Waals surface area contributed by atoms with Gasteiger partial charge in [0.2, 0.25) is 0 Å². The van der Waals surface area contributed by atoms with Crippen LogP contribution in [0.15, 0.2) is 0 Å². The van der Waals surface area contributed by atoms with Crippen molar-refractivity contribution in [1.82, 2.24) is 9.80 Å². The van der Waals surface area contributed by atoms with Crippen molar-refractivity contribution in [2.75, 3.05) is 24.6 Å². The fraction of sp³-hybridized carbons (Fsp3) is 0.833. The highest BCUT2D eigenvalue weighted by Crippen LogP contribution is 2.24. The van der Waals surface area contributed by atoms with E-state index in [9.17, 15) is 9.59 Å². The monoisotopic (exact) mass is 272 g/mol. The molecular weight excluding hydrogens is 252 g/mol. The molecule has 0 aliphatic carbocycles. The van der Waals surface area contributed by atoms with Crippen molar-refractivity contribution in [3.05, 3.63) is 0 Å². The highest BCUT2D eigenvalue weighted by Gasteiger charge is 2.35. The van der Waals surface area contributed by atoms with E-state index in [-0.39, 0.29) is 24.5 Å². The molecule has 6 heteroatoms. The van der Waals surface area contributed by atoms with E-state index < -0.39 is 5.97 Å². The maximum absolute atomic E-state index is 12.5. The first kappa shape index (κ1) is 13.5. The van der Waals surface area contributed by atoms with Crippen molar-refractivity contribution >= 4 is 23.8 Å². The Labute approximate surface area is 112 Å². The van der Waals surface area contributed by atoms with Crippen molar-refractivity contribution in [2.24, 2.45) is 0 Å². The Morgan fingerprint density at radius 3 is 2.78 bits per heavy atom. The number of aliphatic carboxylic acids is 1. The second-order valence-corrected chi connectivity index (χ2v) is 6.14. The predicted molar refractivity (Wildman–Crippen MR) is 70.9 cm³/mol. The SMILES string of the molecule is CC1CSCCN1C(=O)N1CCCC1CC(=O)O. The average molecular weight is 272 g/mol. The van der Waals surface area contributed by atoms with Gasteiger partial charge in [-0.1, -0.05) is 0 Å². The van der Waals surface area contributed by atoms with Crippen LogP contribution in [0.5, 0.6) is 0 Å². The molecule has 0 spiro atoms. The van der Waals surface area contributed by atoms with Crippen molar-refractivity contribution in [3.8, 4) is 0 Å². The van der Waals surface area contributed by atoms with Gasteiger partial charge in [0.1, 0.15) is 0 Å². The molecule has 18 heavy (non-hydrogen) atoms. The number of nitrogens with zero attached hydrogens (tertiary/aromatic N) is 2. The first-order chi connectivity index (χ1) is 8.59. The Kier molecular flexibility index (Phi) is 4.37. The van der Waals surface area contributed by atoms with E-state index >= 15 is 0 Å². The number of hydrogen-bond donors (Lipinski definition) is 1. The molecule has 0 radical (unpaired) electrons. The van der Waals surface area contributed by atoms with Crippen LogP contribution in [0.1, 0.15) is 26.2 Å². The third-order valence-electron chi connectivity index (χ3n) is 3.65. The average Bonchev–Trinajstić information content (AvgIpc) is 2.76. The third-order valence-corrected chi connectivity index (χ3v) is 4.84. The minimum absolute atomic E-state index is 0.0338. The maximum Gasteiger partial charge on any atom is 0.320 e. The normalized spacial score (nSPS) is 28.5. The third kappa shape index (κ3) is 2.91. The van der Waals surface area contributed by atoms with E-state index in [4.69, 9.17) is 5.11 Å². The van der Waals surface area contributed by atoms with Gasteiger partial charge in [0, 0.05) is 36.7 Å². The van der Waals surface area contributed by atoms with Crippen LogP contribution in [0.2, 0.25) is 0 Å². The van der Waals surface area contributed by atoms with Crippen LogP contribution in [0.4, 0.5) is 4.79 Å². The molecule has 0 saturated carbocycles. The summed E-state index contributed by atoms with van der Waals surface area (Å²) < 4.78 is 0. The predicted octanol–water partition coefficient (Wildman–Crippen LogP) is 1.48. The van der Waals surface area contributed by atoms with Gasteiger partial charge in [-0.2, -0.15) is 11.8 Å². The topological polar surface area (TPSA) is 60.9 Å². The van der Waals surface area contributed by atoms with Crippen LogP contribution in [0.25, 0.3) is 0 Å². The van der Waals surface area contributed by atoms with Gasteiger partial charge in [0.15, 0.2) is 0 Å².